The fourth-order valence-electron chi connectivity index (χ4n) is 3.23. The Morgan fingerprint density at radius 3 is 3.00 bits per heavy atom. The summed E-state index contributed by atoms with van der Waals surface area (Å²) in [5.41, 5.74) is 4.08. The number of carbonyl (C=O) groups excluding carboxylic acids is 1. The van der Waals surface area contributed by atoms with Crippen molar-refractivity contribution in [1.29, 1.82) is 0 Å². The first kappa shape index (κ1) is 15.7. The summed E-state index contributed by atoms with van der Waals surface area (Å²) in [6.45, 7) is 0.623. The van der Waals surface area contributed by atoms with E-state index < -0.39 is 5.76 Å². The number of hydrogen-bond donors (Lipinski definition) is 1. The SMILES string of the molecule is Cn1c(=O)oc2ccc(NC(=O)CC3OCCc4ccccc43)cc21. The normalized spacial score (nSPS) is 16.6. The molecule has 1 N–H and O–H groups in total. The Labute approximate surface area is 144 Å². The largest absolute Gasteiger partial charge is 0.419 e. The Hall–Kier alpha value is -2.86. The molecule has 0 spiro atoms. The Balaban J connectivity index is 1.51. The lowest BCUT2D eigenvalue weighted by molar-refractivity contribution is -0.119. The van der Waals surface area contributed by atoms with Crippen LogP contribution < -0.4 is 11.1 Å². The summed E-state index contributed by atoms with van der Waals surface area (Å²) in [5, 5.41) is 2.87. The third-order valence-corrected chi connectivity index (χ3v) is 4.54. The number of fused-ring (bicyclic) bond motifs is 2. The summed E-state index contributed by atoms with van der Waals surface area (Å²) in [6.07, 6.45) is 0.894. The molecular formula is C19H18N2O4. The van der Waals surface area contributed by atoms with Gasteiger partial charge in [-0.1, -0.05) is 24.3 Å². The van der Waals surface area contributed by atoms with Crippen molar-refractivity contribution < 1.29 is 13.9 Å². The Morgan fingerprint density at radius 1 is 1.28 bits per heavy atom. The molecule has 6 heteroatoms. The van der Waals surface area contributed by atoms with Gasteiger partial charge in [0.15, 0.2) is 5.58 Å². The summed E-state index contributed by atoms with van der Waals surface area (Å²) >= 11 is 0. The number of oxazole rings is 1. The molecule has 25 heavy (non-hydrogen) atoms. The van der Waals surface area contributed by atoms with Crippen molar-refractivity contribution in [2.75, 3.05) is 11.9 Å². The molecule has 0 saturated heterocycles. The molecular weight excluding hydrogens is 320 g/mol. The van der Waals surface area contributed by atoms with E-state index in [4.69, 9.17) is 9.15 Å². The van der Waals surface area contributed by atoms with Gasteiger partial charge in [-0.15, -0.1) is 0 Å². The van der Waals surface area contributed by atoms with Gasteiger partial charge in [-0.25, -0.2) is 4.79 Å². The van der Waals surface area contributed by atoms with Crippen molar-refractivity contribution in [2.24, 2.45) is 7.05 Å². The van der Waals surface area contributed by atoms with Gasteiger partial charge in [0.1, 0.15) is 0 Å². The van der Waals surface area contributed by atoms with Crippen LogP contribution in [0.1, 0.15) is 23.7 Å². The van der Waals surface area contributed by atoms with E-state index in [0.717, 1.165) is 12.0 Å². The molecule has 0 aliphatic carbocycles. The summed E-state index contributed by atoms with van der Waals surface area (Å²) in [4.78, 5) is 24.0. The highest BCUT2D eigenvalue weighted by molar-refractivity contribution is 5.93. The van der Waals surface area contributed by atoms with Gasteiger partial charge >= 0.3 is 5.76 Å². The van der Waals surface area contributed by atoms with Gasteiger partial charge < -0.3 is 14.5 Å². The fourth-order valence-corrected chi connectivity index (χ4v) is 3.23. The zero-order valence-electron chi connectivity index (χ0n) is 13.8. The average Bonchev–Trinajstić information content (AvgIpc) is 2.90. The van der Waals surface area contributed by atoms with Crippen LogP contribution in [-0.4, -0.2) is 17.1 Å². The lowest BCUT2D eigenvalue weighted by atomic mass is 9.95. The molecule has 0 bridgehead atoms. The molecule has 0 fully saturated rings. The van der Waals surface area contributed by atoms with Gasteiger partial charge in [0.05, 0.1) is 24.6 Å². The van der Waals surface area contributed by atoms with Crippen LogP contribution in [-0.2, 0) is 23.0 Å². The molecule has 3 aromatic rings. The number of hydrogen-bond acceptors (Lipinski definition) is 4. The van der Waals surface area contributed by atoms with E-state index in [9.17, 15) is 9.59 Å². The maximum atomic E-state index is 12.4. The molecule has 1 aromatic heterocycles. The van der Waals surface area contributed by atoms with Crippen LogP contribution in [0.3, 0.4) is 0 Å². The van der Waals surface area contributed by atoms with Crippen LogP contribution in [0.5, 0.6) is 0 Å². The lowest BCUT2D eigenvalue weighted by Gasteiger charge is -2.25. The summed E-state index contributed by atoms with van der Waals surface area (Å²) < 4.78 is 12.3. The quantitative estimate of drug-likeness (QED) is 0.797. The van der Waals surface area contributed by atoms with Crippen molar-refractivity contribution in [3.8, 4) is 0 Å². The molecule has 1 amide bonds. The van der Waals surface area contributed by atoms with E-state index in [0.29, 0.717) is 23.4 Å². The van der Waals surface area contributed by atoms with E-state index >= 15 is 0 Å². The van der Waals surface area contributed by atoms with Crippen LogP contribution in [0.2, 0.25) is 0 Å². The smallest absolute Gasteiger partial charge is 0.408 e. The van der Waals surface area contributed by atoms with Gasteiger partial charge in [-0.05, 0) is 35.7 Å². The molecule has 0 saturated carbocycles. The van der Waals surface area contributed by atoms with Crippen LogP contribution in [0.4, 0.5) is 5.69 Å². The number of ether oxygens (including phenoxy) is 1. The molecule has 2 heterocycles. The molecule has 0 radical (unpaired) electrons. The lowest BCUT2D eigenvalue weighted by Crippen LogP contribution is -2.22. The van der Waals surface area contributed by atoms with Gasteiger partial charge in [0, 0.05) is 12.7 Å². The standard InChI is InChI=1S/C19H18N2O4/c1-21-15-10-13(6-7-16(15)25-19(21)23)20-18(22)11-17-14-5-3-2-4-12(14)8-9-24-17/h2-7,10,17H,8-9,11H2,1H3,(H,20,22). The van der Waals surface area contributed by atoms with Crippen LogP contribution in [0.15, 0.2) is 51.7 Å². The van der Waals surface area contributed by atoms with Crippen molar-refractivity contribution in [3.05, 3.63) is 64.1 Å². The van der Waals surface area contributed by atoms with Gasteiger partial charge in [-0.3, -0.25) is 9.36 Å². The number of aromatic nitrogens is 1. The summed E-state index contributed by atoms with van der Waals surface area (Å²) in [5.74, 6) is -0.555. The van der Waals surface area contributed by atoms with Crippen LogP contribution in [0.25, 0.3) is 11.1 Å². The molecule has 1 aliphatic heterocycles. The highest BCUT2D eigenvalue weighted by atomic mass is 16.5. The Kier molecular flexibility index (Phi) is 3.89. The van der Waals surface area contributed by atoms with Crippen molar-refractivity contribution in [2.45, 2.75) is 18.9 Å². The van der Waals surface area contributed by atoms with E-state index in [1.165, 1.54) is 10.1 Å². The van der Waals surface area contributed by atoms with Crippen molar-refractivity contribution in [1.82, 2.24) is 4.57 Å². The number of rotatable bonds is 3. The van der Waals surface area contributed by atoms with Gasteiger partial charge in [0.25, 0.3) is 0 Å². The number of aryl methyl sites for hydroxylation is 1. The number of carbonyl (C=O) groups is 1. The first-order valence-electron chi connectivity index (χ1n) is 8.20. The number of anilines is 1. The third kappa shape index (κ3) is 2.96. The van der Waals surface area contributed by atoms with E-state index in [2.05, 4.69) is 11.4 Å². The minimum atomic E-state index is -0.425. The van der Waals surface area contributed by atoms with E-state index in [1.54, 1.807) is 25.2 Å². The highest BCUT2D eigenvalue weighted by Gasteiger charge is 2.23. The predicted octanol–water partition coefficient (Wildman–Crippen LogP) is 2.77. The fraction of sp³-hybridized carbons (Fsp3) is 0.263. The van der Waals surface area contributed by atoms with Crippen molar-refractivity contribution >= 4 is 22.7 Å². The summed E-state index contributed by atoms with van der Waals surface area (Å²) in [6, 6.07) is 13.2. The monoisotopic (exact) mass is 338 g/mol. The minimum absolute atomic E-state index is 0.130. The van der Waals surface area contributed by atoms with Crippen molar-refractivity contribution in [3.63, 3.8) is 0 Å². The molecule has 4 rings (SSSR count). The number of benzene rings is 2. The Morgan fingerprint density at radius 2 is 2.12 bits per heavy atom. The summed E-state index contributed by atoms with van der Waals surface area (Å²) in [7, 11) is 1.63. The van der Waals surface area contributed by atoms with E-state index in [-0.39, 0.29) is 18.4 Å². The molecule has 1 unspecified atom stereocenters. The average molecular weight is 338 g/mol. The Bertz CT molecular complexity index is 1000. The zero-order valence-corrected chi connectivity index (χ0v) is 13.8. The van der Waals surface area contributed by atoms with Gasteiger partial charge in [-0.2, -0.15) is 0 Å². The van der Waals surface area contributed by atoms with E-state index in [1.807, 2.05) is 18.2 Å². The second-order valence-electron chi connectivity index (χ2n) is 6.17. The highest BCUT2D eigenvalue weighted by Crippen LogP contribution is 2.30. The zero-order chi connectivity index (χ0) is 17.4. The topological polar surface area (TPSA) is 73.5 Å². The minimum Gasteiger partial charge on any atom is -0.408 e. The van der Waals surface area contributed by atoms with Gasteiger partial charge in [0.2, 0.25) is 5.91 Å². The number of nitrogens with one attached hydrogen (secondary N) is 1. The third-order valence-electron chi connectivity index (χ3n) is 4.54. The molecule has 6 nitrogen and oxygen atoms in total. The maximum Gasteiger partial charge on any atom is 0.419 e. The number of nitrogens with zero attached hydrogens (tertiary/aromatic N) is 1. The predicted molar refractivity (Wildman–Crippen MR) is 93.5 cm³/mol. The molecule has 128 valence electrons. The molecule has 2 aromatic carbocycles. The molecule has 1 atom stereocenters. The number of amides is 1. The van der Waals surface area contributed by atoms with Crippen LogP contribution >= 0.6 is 0 Å². The molecule has 1 aliphatic rings. The first-order chi connectivity index (χ1) is 12.1. The maximum absolute atomic E-state index is 12.4. The second-order valence-corrected chi connectivity index (χ2v) is 6.17. The van der Waals surface area contributed by atoms with Crippen LogP contribution in [0, 0.1) is 0 Å². The second kappa shape index (κ2) is 6.22. The first-order valence-corrected chi connectivity index (χ1v) is 8.20.